The van der Waals surface area contributed by atoms with Gasteiger partial charge in [-0.25, -0.2) is 0 Å². The van der Waals surface area contributed by atoms with Gasteiger partial charge in [0.2, 0.25) is 11.8 Å². The van der Waals surface area contributed by atoms with Gasteiger partial charge in [-0.3, -0.25) is 9.59 Å². The molecule has 0 saturated carbocycles. The van der Waals surface area contributed by atoms with Gasteiger partial charge in [0.05, 0.1) is 13.0 Å². The molecule has 4 rings (SSSR count). The van der Waals surface area contributed by atoms with E-state index < -0.39 is 0 Å². The van der Waals surface area contributed by atoms with Crippen molar-refractivity contribution >= 4 is 34.0 Å². The SMILES string of the molecule is COc1cccc(N2CC(C(=O)N(C)c3ccc4ccccc4c3)CC2=O)c1. The molecule has 5 heteroatoms. The summed E-state index contributed by atoms with van der Waals surface area (Å²) in [5, 5.41) is 2.22. The summed E-state index contributed by atoms with van der Waals surface area (Å²) in [7, 11) is 3.36. The Hall–Kier alpha value is -3.34. The zero-order chi connectivity index (χ0) is 19.7. The summed E-state index contributed by atoms with van der Waals surface area (Å²) in [6.45, 7) is 0.378. The maximum absolute atomic E-state index is 13.0. The van der Waals surface area contributed by atoms with Crippen molar-refractivity contribution < 1.29 is 14.3 Å². The van der Waals surface area contributed by atoms with Gasteiger partial charge in [0, 0.05) is 37.5 Å². The summed E-state index contributed by atoms with van der Waals surface area (Å²) in [6, 6.07) is 21.4. The third kappa shape index (κ3) is 3.31. The Morgan fingerprint density at radius 1 is 1.04 bits per heavy atom. The van der Waals surface area contributed by atoms with E-state index in [4.69, 9.17) is 4.74 Å². The van der Waals surface area contributed by atoms with E-state index in [-0.39, 0.29) is 24.2 Å². The molecule has 0 radical (unpaired) electrons. The van der Waals surface area contributed by atoms with Crippen LogP contribution in [0.25, 0.3) is 10.8 Å². The highest BCUT2D eigenvalue weighted by Crippen LogP contribution is 2.30. The molecule has 0 aromatic heterocycles. The van der Waals surface area contributed by atoms with Crippen molar-refractivity contribution in [3.05, 3.63) is 66.7 Å². The van der Waals surface area contributed by atoms with Crippen molar-refractivity contribution in [2.75, 3.05) is 30.5 Å². The van der Waals surface area contributed by atoms with Gasteiger partial charge < -0.3 is 14.5 Å². The summed E-state index contributed by atoms with van der Waals surface area (Å²) in [5.74, 6) is 0.232. The Morgan fingerprint density at radius 2 is 1.82 bits per heavy atom. The van der Waals surface area contributed by atoms with Gasteiger partial charge in [0.25, 0.3) is 0 Å². The Balaban J connectivity index is 1.53. The van der Waals surface area contributed by atoms with E-state index in [0.717, 1.165) is 22.1 Å². The van der Waals surface area contributed by atoms with Crippen molar-refractivity contribution in [1.29, 1.82) is 0 Å². The first-order valence-electron chi connectivity index (χ1n) is 9.27. The third-order valence-electron chi connectivity index (χ3n) is 5.29. The first-order chi connectivity index (χ1) is 13.6. The summed E-state index contributed by atoms with van der Waals surface area (Å²) in [6.07, 6.45) is 0.216. The monoisotopic (exact) mass is 374 g/mol. The zero-order valence-electron chi connectivity index (χ0n) is 16.0. The van der Waals surface area contributed by atoms with Gasteiger partial charge in [0.1, 0.15) is 5.75 Å². The summed E-state index contributed by atoms with van der Waals surface area (Å²) in [4.78, 5) is 28.9. The second kappa shape index (κ2) is 7.35. The molecule has 28 heavy (non-hydrogen) atoms. The van der Waals surface area contributed by atoms with Gasteiger partial charge in [-0.2, -0.15) is 0 Å². The standard InChI is InChI=1S/C23H22N2O3/c1-24(19-11-10-16-6-3-4-7-17(16)12-19)23(27)18-13-22(26)25(15-18)20-8-5-9-21(14-20)28-2/h3-12,14,18H,13,15H2,1-2H3. The van der Waals surface area contributed by atoms with Crippen LogP contribution < -0.4 is 14.5 Å². The van der Waals surface area contributed by atoms with Crippen molar-refractivity contribution in [3.63, 3.8) is 0 Å². The van der Waals surface area contributed by atoms with Crippen LogP contribution in [0.2, 0.25) is 0 Å². The lowest BCUT2D eigenvalue weighted by atomic mass is 10.1. The lowest BCUT2D eigenvalue weighted by Gasteiger charge is -2.22. The molecule has 1 heterocycles. The van der Waals surface area contributed by atoms with Gasteiger partial charge >= 0.3 is 0 Å². The molecule has 1 aliphatic heterocycles. The molecule has 1 aliphatic rings. The second-order valence-electron chi connectivity index (χ2n) is 7.04. The number of hydrogen-bond acceptors (Lipinski definition) is 3. The number of anilines is 2. The van der Waals surface area contributed by atoms with Gasteiger partial charge in [-0.15, -0.1) is 0 Å². The Morgan fingerprint density at radius 3 is 2.61 bits per heavy atom. The topological polar surface area (TPSA) is 49.9 Å². The van der Waals surface area contributed by atoms with Crippen molar-refractivity contribution in [1.82, 2.24) is 0 Å². The fourth-order valence-electron chi connectivity index (χ4n) is 3.69. The van der Waals surface area contributed by atoms with Crippen LogP contribution in [0.15, 0.2) is 66.7 Å². The van der Waals surface area contributed by atoms with Crippen LogP contribution in [0, 0.1) is 5.92 Å². The average Bonchev–Trinajstić information content (AvgIpc) is 3.14. The number of amides is 2. The lowest BCUT2D eigenvalue weighted by molar-refractivity contribution is -0.124. The fourth-order valence-corrected chi connectivity index (χ4v) is 3.69. The molecule has 5 nitrogen and oxygen atoms in total. The molecular formula is C23H22N2O3. The van der Waals surface area contributed by atoms with Crippen molar-refractivity contribution in [2.45, 2.75) is 6.42 Å². The predicted molar refractivity (Wildman–Crippen MR) is 111 cm³/mol. The number of hydrogen-bond donors (Lipinski definition) is 0. The summed E-state index contributed by atoms with van der Waals surface area (Å²) < 4.78 is 5.24. The van der Waals surface area contributed by atoms with Crippen molar-refractivity contribution in [2.24, 2.45) is 5.92 Å². The number of carbonyl (C=O) groups is 2. The first-order valence-corrected chi connectivity index (χ1v) is 9.27. The summed E-state index contributed by atoms with van der Waals surface area (Å²) in [5.41, 5.74) is 1.59. The Labute approximate surface area is 164 Å². The quantitative estimate of drug-likeness (QED) is 0.697. The first kappa shape index (κ1) is 18.0. The molecular weight excluding hydrogens is 352 g/mol. The minimum atomic E-state index is -0.366. The molecule has 2 amide bonds. The lowest BCUT2D eigenvalue weighted by Crippen LogP contribution is -2.34. The van der Waals surface area contributed by atoms with Crippen LogP contribution in [0.1, 0.15) is 6.42 Å². The molecule has 1 unspecified atom stereocenters. The number of fused-ring (bicyclic) bond motifs is 1. The number of methoxy groups -OCH3 is 1. The highest BCUT2D eigenvalue weighted by atomic mass is 16.5. The van der Waals surface area contributed by atoms with Crippen LogP contribution in [0.4, 0.5) is 11.4 Å². The normalized spacial score (nSPS) is 16.4. The molecule has 1 atom stereocenters. The molecule has 3 aromatic carbocycles. The van der Waals surface area contributed by atoms with E-state index in [1.807, 2.05) is 66.7 Å². The predicted octanol–water partition coefficient (Wildman–Crippen LogP) is 3.86. The van der Waals surface area contributed by atoms with E-state index in [1.165, 1.54) is 0 Å². The average molecular weight is 374 g/mol. The number of rotatable bonds is 4. The largest absolute Gasteiger partial charge is 0.497 e. The molecule has 0 bridgehead atoms. The van der Waals surface area contributed by atoms with Crippen LogP contribution in [0.5, 0.6) is 5.75 Å². The fraction of sp³-hybridized carbons (Fsp3) is 0.217. The van der Waals surface area contributed by atoms with E-state index in [9.17, 15) is 9.59 Å². The molecule has 0 N–H and O–H groups in total. The Bertz CT molecular complexity index is 1050. The highest BCUT2D eigenvalue weighted by molar-refractivity contribution is 6.05. The molecule has 0 aliphatic carbocycles. The summed E-state index contributed by atoms with van der Waals surface area (Å²) >= 11 is 0. The minimum Gasteiger partial charge on any atom is -0.497 e. The molecule has 0 spiro atoms. The van der Waals surface area contributed by atoms with Gasteiger partial charge in [0.15, 0.2) is 0 Å². The van der Waals surface area contributed by atoms with Gasteiger partial charge in [-0.1, -0.05) is 36.4 Å². The van der Waals surface area contributed by atoms with Gasteiger partial charge in [-0.05, 0) is 35.0 Å². The van der Waals surface area contributed by atoms with E-state index >= 15 is 0 Å². The van der Waals surface area contributed by atoms with Crippen molar-refractivity contribution in [3.8, 4) is 5.75 Å². The molecule has 3 aromatic rings. The molecule has 1 fully saturated rings. The van der Waals surface area contributed by atoms with E-state index in [0.29, 0.717) is 12.3 Å². The van der Waals surface area contributed by atoms with Crippen LogP contribution in [0.3, 0.4) is 0 Å². The minimum absolute atomic E-state index is 0.0430. The van der Waals surface area contributed by atoms with E-state index in [1.54, 1.807) is 24.0 Å². The number of benzene rings is 3. The Kier molecular flexibility index (Phi) is 4.74. The second-order valence-corrected chi connectivity index (χ2v) is 7.04. The molecule has 1 saturated heterocycles. The highest BCUT2D eigenvalue weighted by Gasteiger charge is 2.36. The number of ether oxygens (including phenoxy) is 1. The number of nitrogens with zero attached hydrogens (tertiary/aromatic N) is 2. The molecule has 142 valence electrons. The third-order valence-corrected chi connectivity index (χ3v) is 5.29. The van der Waals surface area contributed by atoms with E-state index in [2.05, 4.69) is 0 Å². The maximum atomic E-state index is 13.0. The number of carbonyl (C=O) groups excluding carboxylic acids is 2. The maximum Gasteiger partial charge on any atom is 0.232 e. The zero-order valence-corrected chi connectivity index (χ0v) is 16.0. The van der Waals surface area contributed by atoms with Crippen LogP contribution in [-0.2, 0) is 9.59 Å². The van der Waals surface area contributed by atoms with Crippen LogP contribution >= 0.6 is 0 Å². The smallest absolute Gasteiger partial charge is 0.232 e. The van der Waals surface area contributed by atoms with Crippen LogP contribution in [-0.4, -0.2) is 32.5 Å².